The van der Waals surface area contributed by atoms with Crippen LogP contribution >= 0.6 is 0 Å². The third-order valence-corrected chi connectivity index (χ3v) is 4.16. The van der Waals surface area contributed by atoms with E-state index in [1.807, 2.05) is 19.9 Å². The zero-order valence-electron chi connectivity index (χ0n) is 11.9. The number of hydrogen-bond acceptors (Lipinski definition) is 3. The Kier molecular flexibility index (Phi) is 3.57. The second-order valence-corrected chi connectivity index (χ2v) is 5.58. The van der Waals surface area contributed by atoms with Gasteiger partial charge in [0.05, 0.1) is 5.69 Å². The van der Waals surface area contributed by atoms with Crippen molar-refractivity contribution in [2.24, 2.45) is 0 Å². The Morgan fingerprint density at radius 2 is 2.25 bits per heavy atom. The fraction of sp³-hybridized carbons (Fsp3) is 0.438. The maximum atomic E-state index is 13.3. The maximum absolute atomic E-state index is 13.3. The molecule has 1 aliphatic heterocycles. The summed E-state index contributed by atoms with van der Waals surface area (Å²) in [5.74, 6) is 1.18. The highest BCUT2D eigenvalue weighted by atomic mass is 19.1. The standard InChI is InChI=1S/C16H19FN2O/c1-11-16(12(2)20-18-11)10-19-7-6-14(9-19)13-4-3-5-15(17)8-13/h3-5,8,14H,6-7,9-10H2,1-2H3/t14-/m0/s1. The van der Waals surface area contributed by atoms with E-state index in [2.05, 4.69) is 10.1 Å². The second kappa shape index (κ2) is 5.37. The number of hydrogen-bond donors (Lipinski definition) is 0. The van der Waals surface area contributed by atoms with Gasteiger partial charge in [-0.3, -0.25) is 4.90 Å². The summed E-state index contributed by atoms with van der Waals surface area (Å²) in [6, 6.07) is 6.97. The van der Waals surface area contributed by atoms with Gasteiger partial charge in [-0.2, -0.15) is 0 Å². The van der Waals surface area contributed by atoms with E-state index in [0.717, 1.165) is 43.1 Å². The molecule has 0 unspecified atom stereocenters. The molecule has 2 heterocycles. The van der Waals surface area contributed by atoms with Gasteiger partial charge >= 0.3 is 0 Å². The summed E-state index contributed by atoms with van der Waals surface area (Å²) >= 11 is 0. The molecule has 0 aliphatic carbocycles. The van der Waals surface area contributed by atoms with Crippen molar-refractivity contribution < 1.29 is 8.91 Å². The molecule has 4 heteroatoms. The van der Waals surface area contributed by atoms with Gasteiger partial charge in [-0.1, -0.05) is 17.3 Å². The molecule has 1 fully saturated rings. The Bertz CT molecular complexity index is 589. The van der Waals surface area contributed by atoms with E-state index in [1.165, 1.54) is 11.6 Å². The molecule has 1 saturated heterocycles. The van der Waals surface area contributed by atoms with Gasteiger partial charge < -0.3 is 4.52 Å². The Balaban J connectivity index is 1.68. The molecule has 0 saturated carbocycles. The first-order chi connectivity index (χ1) is 9.63. The first-order valence-corrected chi connectivity index (χ1v) is 7.03. The molecule has 0 radical (unpaired) electrons. The molecule has 0 spiro atoms. The third-order valence-electron chi connectivity index (χ3n) is 4.16. The molecule has 0 N–H and O–H groups in total. The topological polar surface area (TPSA) is 29.3 Å². The van der Waals surface area contributed by atoms with Crippen LogP contribution in [0.1, 0.15) is 34.9 Å². The van der Waals surface area contributed by atoms with Crippen molar-refractivity contribution >= 4 is 0 Å². The van der Waals surface area contributed by atoms with Crippen LogP contribution in [0, 0.1) is 19.7 Å². The molecule has 3 nitrogen and oxygen atoms in total. The van der Waals surface area contributed by atoms with E-state index in [0.29, 0.717) is 5.92 Å². The monoisotopic (exact) mass is 274 g/mol. The number of halogens is 1. The molecule has 1 aliphatic rings. The molecular weight excluding hydrogens is 255 g/mol. The lowest BCUT2D eigenvalue weighted by atomic mass is 9.98. The van der Waals surface area contributed by atoms with Crippen molar-refractivity contribution in [3.05, 3.63) is 52.7 Å². The second-order valence-electron chi connectivity index (χ2n) is 5.58. The van der Waals surface area contributed by atoms with Gasteiger partial charge in [-0.15, -0.1) is 0 Å². The van der Waals surface area contributed by atoms with Gasteiger partial charge in [-0.25, -0.2) is 4.39 Å². The number of nitrogens with zero attached hydrogens (tertiary/aromatic N) is 2. The summed E-state index contributed by atoms with van der Waals surface area (Å²) in [6.07, 6.45) is 1.08. The highest BCUT2D eigenvalue weighted by Gasteiger charge is 2.25. The first-order valence-electron chi connectivity index (χ1n) is 7.03. The van der Waals surface area contributed by atoms with Crippen molar-refractivity contribution in [2.75, 3.05) is 13.1 Å². The molecule has 1 aromatic heterocycles. The average Bonchev–Trinajstić information content (AvgIpc) is 3.01. The fourth-order valence-corrected chi connectivity index (χ4v) is 2.96. The minimum Gasteiger partial charge on any atom is -0.361 e. The van der Waals surface area contributed by atoms with E-state index in [1.54, 1.807) is 12.1 Å². The number of likely N-dealkylation sites (tertiary alicyclic amines) is 1. The molecule has 106 valence electrons. The summed E-state index contributed by atoms with van der Waals surface area (Å²) in [6.45, 7) is 6.80. The minimum absolute atomic E-state index is 0.147. The smallest absolute Gasteiger partial charge is 0.138 e. The number of rotatable bonds is 3. The van der Waals surface area contributed by atoms with E-state index < -0.39 is 0 Å². The Morgan fingerprint density at radius 3 is 2.95 bits per heavy atom. The Morgan fingerprint density at radius 1 is 1.40 bits per heavy atom. The third kappa shape index (κ3) is 2.61. The van der Waals surface area contributed by atoms with Crippen LogP contribution in [-0.4, -0.2) is 23.1 Å². The van der Waals surface area contributed by atoms with Crippen LogP contribution in [0.25, 0.3) is 0 Å². The van der Waals surface area contributed by atoms with Gasteiger partial charge in [0.1, 0.15) is 11.6 Å². The summed E-state index contributed by atoms with van der Waals surface area (Å²) in [5, 5.41) is 4.00. The molecule has 0 bridgehead atoms. The van der Waals surface area contributed by atoms with Crippen LogP contribution in [0.15, 0.2) is 28.8 Å². The molecule has 3 rings (SSSR count). The Labute approximate surface area is 118 Å². The molecule has 0 amide bonds. The van der Waals surface area contributed by atoms with Crippen LogP contribution in [0.4, 0.5) is 4.39 Å². The summed E-state index contributed by atoms with van der Waals surface area (Å²) in [5.41, 5.74) is 3.26. The number of benzene rings is 1. The quantitative estimate of drug-likeness (QED) is 0.859. The van der Waals surface area contributed by atoms with E-state index >= 15 is 0 Å². The van der Waals surface area contributed by atoms with Gasteiger partial charge in [-0.05, 0) is 50.4 Å². The predicted molar refractivity (Wildman–Crippen MR) is 75.0 cm³/mol. The first kappa shape index (κ1) is 13.3. The van der Waals surface area contributed by atoms with Crippen LogP contribution in [-0.2, 0) is 6.54 Å². The largest absolute Gasteiger partial charge is 0.361 e. The highest BCUT2D eigenvalue weighted by Crippen LogP contribution is 2.29. The zero-order chi connectivity index (χ0) is 14.1. The van der Waals surface area contributed by atoms with Crippen molar-refractivity contribution in [3.63, 3.8) is 0 Å². The minimum atomic E-state index is -0.147. The van der Waals surface area contributed by atoms with Crippen molar-refractivity contribution in [3.8, 4) is 0 Å². The van der Waals surface area contributed by atoms with Crippen molar-refractivity contribution in [1.29, 1.82) is 0 Å². The van der Waals surface area contributed by atoms with Crippen molar-refractivity contribution in [1.82, 2.24) is 10.1 Å². The van der Waals surface area contributed by atoms with Crippen LogP contribution < -0.4 is 0 Å². The van der Waals surface area contributed by atoms with Crippen LogP contribution in [0.5, 0.6) is 0 Å². The molecule has 2 aromatic rings. The average molecular weight is 274 g/mol. The fourth-order valence-electron chi connectivity index (χ4n) is 2.96. The maximum Gasteiger partial charge on any atom is 0.138 e. The highest BCUT2D eigenvalue weighted by molar-refractivity contribution is 5.24. The number of aromatic nitrogens is 1. The van der Waals surface area contributed by atoms with Crippen LogP contribution in [0.3, 0.4) is 0 Å². The van der Waals surface area contributed by atoms with Gasteiger partial charge in [0.25, 0.3) is 0 Å². The summed E-state index contributed by atoms with van der Waals surface area (Å²) in [7, 11) is 0. The summed E-state index contributed by atoms with van der Waals surface area (Å²) < 4.78 is 18.5. The lowest BCUT2D eigenvalue weighted by molar-refractivity contribution is 0.322. The molecular formula is C16H19FN2O. The van der Waals surface area contributed by atoms with Gasteiger partial charge in [0.15, 0.2) is 0 Å². The van der Waals surface area contributed by atoms with E-state index in [-0.39, 0.29) is 5.82 Å². The van der Waals surface area contributed by atoms with E-state index in [4.69, 9.17) is 4.52 Å². The molecule has 1 atom stereocenters. The lowest BCUT2D eigenvalue weighted by Crippen LogP contribution is -2.20. The van der Waals surface area contributed by atoms with Gasteiger partial charge in [0, 0.05) is 18.7 Å². The van der Waals surface area contributed by atoms with E-state index in [9.17, 15) is 4.39 Å². The normalized spacial score (nSPS) is 19.6. The molecule has 1 aromatic carbocycles. The lowest BCUT2D eigenvalue weighted by Gasteiger charge is -2.16. The summed E-state index contributed by atoms with van der Waals surface area (Å²) in [4.78, 5) is 2.39. The zero-order valence-corrected chi connectivity index (χ0v) is 11.9. The predicted octanol–water partition coefficient (Wildman–Crippen LogP) is 3.42. The molecule has 20 heavy (non-hydrogen) atoms. The van der Waals surface area contributed by atoms with Crippen molar-refractivity contribution in [2.45, 2.75) is 32.7 Å². The SMILES string of the molecule is Cc1noc(C)c1CN1CC[C@H](c2cccc(F)c2)C1. The van der Waals surface area contributed by atoms with Gasteiger partial charge in [0.2, 0.25) is 0 Å². The van der Waals surface area contributed by atoms with Crippen LogP contribution in [0.2, 0.25) is 0 Å². The Hall–Kier alpha value is -1.68. The number of aryl methyl sites for hydroxylation is 2.